The summed E-state index contributed by atoms with van der Waals surface area (Å²) in [5.74, 6) is 1.04. The van der Waals surface area contributed by atoms with Crippen LogP contribution in [-0.2, 0) is 11.3 Å². The summed E-state index contributed by atoms with van der Waals surface area (Å²) in [4.78, 5) is 33.9. The topological polar surface area (TPSA) is 58.4 Å². The summed E-state index contributed by atoms with van der Waals surface area (Å²) >= 11 is 0. The van der Waals surface area contributed by atoms with Crippen molar-refractivity contribution < 1.29 is 4.79 Å². The molecule has 1 aliphatic heterocycles. The van der Waals surface area contributed by atoms with Crippen molar-refractivity contribution in [3.8, 4) is 0 Å². The van der Waals surface area contributed by atoms with E-state index in [9.17, 15) is 9.59 Å². The molecule has 6 heteroatoms. The van der Waals surface area contributed by atoms with E-state index in [0.29, 0.717) is 18.4 Å². The third-order valence-electron chi connectivity index (χ3n) is 5.23. The smallest absolute Gasteiger partial charge is 0.261 e. The molecule has 0 aliphatic carbocycles. The average molecular weight is 356 g/mol. The van der Waals surface area contributed by atoms with Gasteiger partial charge in [0, 0.05) is 39.1 Å². The number of para-hydroxylation sites is 1. The molecule has 0 bridgehead atoms. The van der Waals surface area contributed by atoms with Gasteiger partial charge in [0.2, 0.25) is 5.91 Å². The highest BCUT2D eigenvalue weighted by atomic mass is 16.2. The summed E-state index contributed by atoms with van der Waals surface area (Å²) in [6.07, 6.45) is 1.44. The predicted octanol–water partition coefficient (Wildman–Crippen LogP) is 2.42. The van der Waals surface area contributed by atoms with Crippen LogP contribution >= 0.6 is 0 Å². The molecule has 1 saturated heterocycles. The molecule has 2 aromatic rings. The minimum atomic E-state index is 0.0396. The molecule has 140 valence electrons. The molecular weight excluding hydrogens is 328 g/mol. The van der Waals surface area contributed by atoms with E-state index >= 15 is 0 Å². The maximum absolute atomic E-state index is 13.0. The first kappa shape index (κ1) is 18.6. The quantitative estimate of drug-likeness (QED) is 0.826. The van der Waals surface area contributed by atoms with Crippen molar-refractivity contribution in [1.82, 2.24) is 19.4 Å². The zero-order valence-corrected chi connectivity index (χ0v) is 15.9. The van der Waals surface area contributed by atoms with Crippen LogP contribution in [0.2, 0.25) is 0 Å². The van der Waals surface area contributed by atoms with Crippen molar-refractivity contribution in [2.75, 3.05) is 26.2 Å². The SMILES string of the molecule is CCCn1c(C(C)N2CCN(C(=O)CC)CC2)nc2ccccc2c1=O. The number of hydrogen-bond donors (Lipinski definition) is 0. The van der Waals surface area contributed by atoms with E-state index in [-0.39, 0.29) is 17.5 Å². The van der Waals surface area contributed by atoms with Gasteiger partial charge in [-0.25, -0.2) is 4.98 Å². The van der Waals surface area contributed by atoms with Crippen molar-refractivity contribution in [2.45, 2.75) is 46.2 Å². The Labute approximate surface area is 154 Å². The van der Waals surface area contributed by atoms with Crippen LogP contribution < -0.4 is 5.56 Å². The molecule has 1 aromatic heterocycles. The fraction of sp³-hybridized carbons (Fsp3) is 0.550. The summed E-state index contributed by atoms with van der Waals surface area (Å²) in [7, 11) is 0. The number of piperazine rings is 1. The van der Waals surface area contributed by atoms with Crippen LogP contribution in [0.15, 0.2) is 29.1 Å². The van der Waals surface area contributed by atoms with Crippen molar-refractivity contribution in [1.29, 1.82) is 0 Å². The molecule has 1 unspecified atom stereocenters. The fourth-order valence-electron chi connectivity index (χ4n) is 3.69. The summed E-state index contributed by atoms with van der Waals surface area (Å²) in [5, 5.41) is 0.676. The van der Waals surface area contributed by atoms with E-state index in [1.54, 1.807) is 0 Å². The summed E-state index contributed by atoms with van der Waals surface area (Å²) < 4.78 is 1.83. The number of amides is 1. The number of hydrogen-bond acceptors (Lipinski definition) is 4. The Balaban J connectivity index is 1.90. The zero-order chi connectivity index (χ0) is 18.7. The van der Waals surface area contributed by atoms with Gasteiger partial charge < -0.3 is 4.90 Å². The lowest BCUT2D eigenvalue weighted by atomic mass is 10.1. The van der Waals surface area contributed by atoms with Gasteiger partial charge in [0.25, 0.3) is 5.56 Å². The molecule has 6 nitrogen and oxygen atoms in total. The zero-order valence-electron chi connectivity index (χ0n) is 15.9. The van der Waals surface area contributed by atoms with Crippen molar-refractivity contribution >= 4 is 16.8 Å². The second kappa shape index (κ2) is 7.99. The van der Waals surface area contributed by atoms with Gasteiger partial charge in [-0.05, 0) is 25.5 Å². The standard InChI is InChI=1S/C20H28N4O2/c1-4-10-24-19(21-17-9-7-6-8-16(17)20(24)26)15(3)22-11-13-23(14-12-22)18(25)5-2/h6-9,15H,4-5,10-14H2,1-3H3. The molecule has 2 heterocycles. The second-order valence-electron chi connectivity index (χ2n) is 6.89. The number of carbonyl (C=O) groups is 1. The van der Waals surface area contributed by atoms with Gasteiger partial charge in [-0.1, -0.05) is 26.0 Å². The van der Waals surface area contributed by atoms with Gasteiger partial charge in [-0.2, -0.15) is 0 Å². The van der Waals surface area contributed by atoms with E-state index in [1.807, 2.05) is 40.7 Å². The monoisotopic (exact) mass is 356 g/mol. The second-order valence-corrected chi connectivity index (χ2v) is 6.89. The summed E-state index contributed by atoms with van der Waals surface area (Å²) in [6.45, 7) is 9.85. The highest BCUT2D eigenvalue weighted by Gasteiger charge is 2.27. The van der Waals surface area contributed by atoms with E-state index in [4.69, 9.17) is 4.98 Å². The van der Waals surface area contributed by atoms with Crippen LogP contribution in [0.3, 0.4) is 0 Å². The number of carbonyl (C=O) groups excluding carboxylic acids is 1. The molecule has 1 aromatic carbocycles. The highest BCUT2D eigenvalue weighted by molar-refractivity contribution is 5.77. The van der Waals surface area contributed by atoms with E-state index in [0.717, 1.165) is 43.9 Å². The van der Waals surface area contributed by atoms with Gasteiger partial charge in [-0.3, -0.25) is 19.1 Å². The Kier molecular flexibility index (Phi) is 5.71. The number of rotatable bonds is 5. The minimum absolute atomic E-state index is 0.0396. The molecule has 1 aliphatic rings. The minimum Gasteiger partial charge on any atom is -0.340 e. The normalized spacial score (nSPS) is 16.8. The van der Waals surface area contributed by atoms with E-state index < -0.39 is 0 Å². The van der Waals surface area contributed by atoms with Gasteiger partial charge in [0.15, 0.2) is 0 Å². The van der Waals surface area contributed by atoms with E-state index in [1.165, 1.54) is 0 Å². The molecule has 0 spiro atoms. The Morgan fingerprint density at radius 1 is 1.15 bits per heavy atom. The lowest BCUT2D eigenvalue weighted by molar-refractivity contribution is -0.132. The molecule has 0 N–H and O–H groups in total. The molecule has 1 fully saturated rings. The number of nitrogens with zero attached hydrogens (tertiary/aromatic N) is 4. The van der Waals surface area contributed by atoms with Crippen molar-refractivity contribution in [3.63, 3.8) is 0 Å². The lowest BCUT2D eigenvalue weighted by Crippen LogP contribution is -2.49. The molecule has 0 saturated carbocycles. The van der Waals surface area contributed by atoms with Gasteiger partial charge in [0.1, 0.15) is 5.82 Å². The van der Waals surface area contributed by atoms with Crippen LogP contribution in [0.1, 0.15) is 45.5 Å². The Morgan fingerprint density at radius 2 is 1.85 bits per heavy atom. The maximum Gasteiger partial charge on any atom is 0.261 e. The summed E-state index contributed by atoms with van der Waals surface area (Å²) in [6, 6.07) is 7.59. The number of aromatic nitrogens is 2. The van der Waals surface area contributed by atoms with Crippen LogP contribution in [0.4, 0.5) is 0 Å². The molecule has 3 rings (SSSR count). The third kappa shape index (κ3) is 3.51. The van der Waals surface area contributed by atoms with Crippen molar-refractivity contribution in [3.05, 3.63) is 40.4 Å². The summed E-state index contributed by atoms with van der Waals surface area (Å²) in [5.41, 5.74) is 0.797. The highest BCUT2D eigenvalue weighted by Crippen LogP contribution is 2.21. The average Bonchev–Trinajstić information content (AvgIpc) is 2.69. The third-order valence-corrected chi connectivity index (χ3v) is 5.23. The lowest BCUT2D eigenvalue weighted by Gasteiger charge is -2.38. The number of fused-ring (bicyclic) bond motifs is 1. The molecule has 1 atom stereocenters. The molecular formula is C20H28N4O2. The predicted molar refractivity (Wildman–Crippen MR) is 103 cm³/mol. The largest absolute Gasteiger partial charge is 0.340 e. The van der Waals surface area contributed by atoms with Crippen LogP contribution in [-0.4, -0.2) is 51.4 Å². The van der Waals surface area contributed by atoms with Crippen LogP contribution in [0.5, 0.6) is 0 Å². The van der Waals surface area contributed by atoms with Crippen molar-refractivity contribution in [2.24, 2.45) is 0 Å². The van der Waals surface area contributed by atoms with Gasteiger partial charge >= 0.3 is 0 Å². The Bertz CT molecular complexity index is 837. The van der Waals surface area contributed by atoms with E-state index in [2.05, 4.69) is 18.7 Å². The van der Waals surface area contributed by atoms with Crippen LogP contribution in [0, 0.1) is 0 Å². The van der Waals surface area contributed by atoms with Crippen LogP contribution in [0.25, 0.3) is 10.9 Å². The first-order chi connectivity index (χ1) is 12.6. The molecule has 0 radical (unpaired) electrons. The first-order valence-corrected chi connectivity index (χ1v) is 9.58. The van der Waals surface area contributed by atoms with Gasteiger partial charge in [-0.15, -0.1) is 0 Å². The first-order valence-electron chi connectivity index (χ1n) is 9.58. The Morgan fingerprint density at radius 3 is 2.50 bits per heavy atom. The maximum atomic E-state index is 13.0. The molecule has 26 heavy (non-hydrogen) atoms. The Hall–Kier alpha value is -2.21. The molecule has 1 amide bonds. The van der Waals surface area contributed by atoms with Gasteiger partial charge in [0.05, 0.1) is 16.9 Å². The number of benzene rings is 1. The fourth-order valence-corrected chi connectivity index (χ4v) is 3.69.